The number of fused-ring (bicyclic) bond motifs is 1. The highest BCUT2D eigenvalue weighted by molar-refractivity contribution is 6.09. The lowest BCUT2D eigenvalue weighted by Crippen LogP contribution is -2.50. The van der Waals surface area contributed by atoms with E-state index in [1.54, 1.807) is 12.1 Å². The van der Waals surface area contributed by atoms with Gasteiger partial charge in [-0.25, -0.2) is 9.78 Å². The van der Waals surface area contributed by atoms with Crippen LogP contribution in [0.2, 0.25) is 0 Å². The molecule has 9 nitrogen and oxygen atoms in total. The Hall–Kier alpha value is -3.83. The third-order valence-corrected chi connectivity index (χ3v) is 4.27. The molecule has 1 aliphatic rings. The van der Waals surface area contributed by atoms with E-state index in [0.717, 1.165) is 17.0 Å². The molecule has 1 aromatic heterocycles. The Bertz CT molecular complexity index is 995. The van der Waals surface area contributed by atoms with Crippen molar-refractivity contribution >= 4 is 29.4 Å². The number of benzene rings is 1. The maximum atomic E-state index is 12.9. The van der Waals surface area contributed by atoms with Gasteiger partial charge in [0.15, 0.2) is 5.82 Å². The normalized spacial score (nSPS) is 14.2. The van der Waals surface area contributed by atoms with Gasteiger partial charge in [-0.2, -0.15) is 0 Å². The molecule has 0 saturated carbocycles. The monoisotopic (exact) mass is 437 g/mol. The van der Waals surface area contributed by atoms with Crippen LogP contribution in [0, 0.1) is 0 Å². The Balaban J connectivity index is 1.86. The summed E-state index contributed by atoms with van der Waals surface area (Å²) in [5.41, 5.74) is 0.558. The number of carbonyl (C=O) groups excluding carboxylic acids is 3. The van der Waals surface area contributed by atoms with E-state index < -0.39 is 36.0 Å². The van der Waals surface area contributed by atoms with Crippen LogP contribution in [0.1, 0.15) is 11.6 Å². The van der Waals surface area contributed by atoms with Gasteiger partial charge in [-0.3, -0.25) is 14.5 Å². The molecule has 164 valence electrons. The van der Waals surface area contributed by atoms with E-state index in [4.69, 9.17) is 0 Å². The van der Waals surface area contributed by atoms with Crippen molar-refractivity contribution in [3.8, 4) is 5.75 Å². The molecule has 0 fully saturated rings. The average molecular weight is 437 g/mol. The minimum absolute atomic E-state index is 0.199. The maximum Gasteiger partial charge on any atom is 0.573 e. The molecule has 1 aromatic carbocycles. The number of aromatic nitrogens is 1. The fraction of sp³-hybridized carbons (Fsp3) is 0.263. The fourth-order valence-corrected chi connectivity index (χ4v) is 2.90. The van der Waals surface area contributed by atoms with Crippen LogP contribution in [-0.4, -0.2) is 54.7 Å². The lowest BCUT2D eigenvalue weighted by molar-refractivity contribution is -0.274. The third-order valence-electron chi connectivity index (χ3n) is 4.27. The summed E-state index contributed by atoms with van der Waals surface area (Å²) in [6.07, 6.45) is -3.41. The number of nitrogens with zero attached hydrogens (tertiary/aromatic N) is 3. The number of hydrogen-bond acceptors (Lipinski definition) is 5. The molecule has 4 amide bonds. The van der Waals surface area contributed by atoms with Crippen molar-refractivity contribution in [3.05, 3.63) is 48.2 Å². The van der Waals surface area contributed by atoms with Gasteiger partial charge >= 0.3 is 12.4 Å². The van der Waals surface area contributed by atoms with Crippen molar-refractivity contribution in [1.82, 2.24) is 15.2 Å². The zero-order chi connectivity index (χ0) is 22.8. The average Bonchev–Trinajstić information content (AvgIpc) is 2.70. The zero-order valence-electron chi connectivity index (χ0n) is 16.4. The molecule has 3 rings (SSSR count). The highest BCUT2D eigenvalue weighted by Crippen LogP contribution is 2.28. The molecular formula is C19H18F3N5O4. The van der Waals surface area contributed by atoms with Gasteiger partial charge < -0.3 is 20.3 Å². The number of rotatable bonds is 4. The van der Waals surface area contributed by atoms with Crippen LogP contribution in [0.15, 0.2) is 42.6 Å². The Labute approximate surface area is 174 Å². The topological polar surface area (TPSA) is 104 Å². The molecule has 0 bridgehead atoms. The van der Waals surface area contributed by atoms with Gasteiger partial charge in [0, 0.05) is 20.3 Å². The van der Waals surface area contributed by atoms with Gasteiger partial charge in [-0.15, -0.1) is 13.2 Å². The van der Waals surface area contributed by atoms with Crippen LogP contribution in [0.3, 0.4) is 0 Å². The van der Waals surface area contributed by atoms with Gasteiger partial charge in [0.1, 0.15) is 18.3 Å². The molecule has 2 aromatic rings. The minimum Gasteiger partial charge on any atom is -0.406 e. The van der Waals surface area contributed by atoms with Gasteiger partial charge in [0.05, 0.1) is 5.69 Å². The van der Waals surface area contributed by atoms with Crippen molar-refractivity contribution in [2.24, 2.45) is 0 Å². The van der Waals surface area contributed by atoms with Crippen molar-refractivity contribution < 1.29 is 32.3 Å². The molecule has 1 aliphatic heterocycles. The van der Waals surface area contributed by atoms with E-state index in [1.807, 2.05) is 0 Å². The predicted octanol–water partition coefficient (Wildman–Crippen LogP) is 2.28. The van der Waals surface area contributed by atoms with Crippen LogP contribution in [0.25, 0.3) is 0 Å². The van der Waals surface area contributed by atoms with Crippen molar-refractivity contribution in [1.29, 1.82) is 0 Å². The molecule has 2 heterocycles. The fourth-order valence-electron chi connectivity index (χ4n) is 2.90. The summed E-state index contributed by atoms with van der Waals surface area (Å²) in [5, 5.41) is 5.12. The molecule has 31 heavy (non-hydrogen) atoms. The number of amides is 4. The summed E-state index contributed by atoms with van der Waals surface area (Å²) >= 11 is 0. The summed E-state index contributed by atoms with van der Waals surface area (Å²) in [5.74, 6) is -1.24. The zero-order valence-corrected chi connectivity index (χ0v) is 16.4. The molecule has 0 radical (unpaired) electrons. The first-order chi connectivity index (χ1) is 14.5. The summed E-state index contributed by atoms with van der Waals surface area (Å²) in [6, 6.07) is 5.72. The van der Waals surface area contributed by atoms with Gasteiger partial charge in [-0.05, 0) is 29.8 Å². The molecule has 0 saturated heterocycles. The van der Waals surface area contributed by atoms with Crippen LogP contribution >= 0.6 is 0 Å². The van der Waals surface area contributed by atoms with E-state index in [1.165, 1.54) is 37.3 Å². The number of carbonyl (C=O) groups is 3. The van der Waals surface area contributed by atoms with E-state index in [-0.39, 0.29) is 17.9 Å². The number of ether oxygens (including phenoxy) is 1. The Morgan fingerprint density at radius 1 is 1.23 bits per heavy atom. The molecule has 12 heteroatoms. The Morgan fingerprint density at radius 3 is 2.52 bits per heavy atom. The van der Waals surface area contributed by atoms with Crippen LogP contribution in [0.5, 0.6) is 5.75 Å². The summed E-state index contributed by atoms with van der Waals surface area (Å²) < 4.78 is 41.0. The van der Waals surface area contributed by atoms with Crippen molar-refractivity contribution in [2.45, 2.75) is 12.4 Å². The summed E-state index contributed by atoms with van der Waals surface area (Å²) in [6.45, 7) is -0.322. The first-order valence-corrected chi connectivity index (χ1v) is 8.95. The quantitative estimate of drug-likeness (QED) is 0.764. The second-order valence-corrected chi connectivity index (χ2v) is 6.74. The predicted molar refractivity (Wildman–Crippen MR) is 103 cm³/mol. The molecule has 0 aliphatic carbocycles. The summed E-state index contributed by atoms with van der Waals surface area (Å²) in [4.78, 5) is 43.9. The number of halogens is 3. The molecular weight excluding hydrogens is 419 g/mol. The maximum absolute atomic E-state index is 12.9. The molecule has 1 atom stereocenters. The minimum atomic E-state index is -4.86. The van der Waals surface area contributed by atoms with E-state index in [2.05, 4.69) is 20.4 Å². The number of hydrogen-bond donors (Lipinski definition) is 2. The van der Waals surface area contributed by atoms with Gasteiger partial charge in [0.2, 0.25) is 11.8 Å². The lowest BCUT2D eigenvalue weighted by atomic mass is 10.1. The van der Waals surface area contributed by atoms with Gasteiger partial charge in [-0.1, -0.05) is 12.1 Å². The SMILES string of the molecule is CN(C)C(=O)C(NC(=O)N1CC(=O)Nc2cccnc21)c1ccc(OC(F)(F)F)cc1. The van der Waals surface area contributed by atoms with Crippen LogP contribution in [-0.2, 0) is 9.59 Å². The molecule has 0 spiro atoms. The second kappa shape index (κ2) is 8.50. The van der Waals surface area contributed by atoms with Crippen molar-refractivity contribution in [3.63, 3.8) is 0 Å². The number of anilines is 2. The number of nitrogens with one attached hydrogen (secondary N) is 2. The number of alkyl halides is 3. The van der Waals surface area contributed by atoms with E-state index in [9.17, 15) is 27.6 Å². The molecule has 2 N–H and O–H groups in total. The molecule has 1 unspecified atom stereocenters. The third kappa shape index (κ3) is 5.21. The van der Waals surface area contributed by atoms with E-state index >= 15 is 0 Å². The highest BCUT2D eigenvalue weighted by Gasteiger charge is 2.33. The lowest BCUT2D eigenvalue weighted by Gasteiger charge is -2.30. The number of urea groups is 1. The Morgan fingerprint density at radius 2 is 1.90 bits per heavy atom. The number of pyridine rings is 1. The smallest absolute Gasteiger partial charge is 0.406 e. The Kier molecular flexibility index (Phi) is 5.99. The standard InChI is InChI=1S/C19H18F3N5O4/c1-26(2)17(29)15(11-5-7-12(8-6-11)31-19(20,21)22)25-18(30)27-10-14(28)24-13-4-3-9-23-16(13)27/h3-9,15H,10H2,1-2H3,(H,24,28)(H,25,30). The van der Waals surface area contributed by atoms with E-state index in [0.29, 0.717) is 5.69 Å². The van der Waals surface area contributed by atoms with Crippen LogP contribution < -0.4 is 20.3 Å². The largest absolute Gasteiger partial charge is 0.573 e. The highest BCUT2D eigenvalue weighted by atomic mass is 19.4. The number of likely N-dealkylation sites (N-methyl/N-ethyl adjacent to an activating group) is 1. The van der Waals surface area contributed by atoms with Crippen LogP contribution in [0.4, 0.5) is 29.5 Å². The summed E-state index contributed by atoms with van der Waals surface area (Å²) in [7, 11) is 2.93. The second-order valence-electron chi connectivity index (χ2n) is 6.74. The first-order valence-electron chi connectivity index (χ1n) is 8.95. The first kappa shape index (κ1) is 21.9. The van der Waals surface area contributed by atoms with Gasteiger partial charge in [0.25, 0.3) is 0 Å². The van der Waals surface area contributed by atoms with Crippen molar-refractivity contribution in [2.75, 3.05) is 30.9 Å².